The molecule has 0 fully saturated rings. The Kier molecular flexibility index (Phi) is 19.6. The summed E-state index contributed by atoms with van der Waals surface area (Å²) < 4.78 is 0. The second-order valence-electron chi connectivity index (χ2n) is 7.90. The molecule has 166 valence electrons. The molecule has 1 aromatic carbocycles. The minimum atomic E-state index is -0.379. The maximum absolute atomic E-state index is 10.6. The van der Waals surface area contributed by atoms with E-state index in [1.807, 2.05) is 6.07 Å². The molecule has 4 nitrogen and oxygen atoms in total. The van der Waals surface area contributed by atoms with Crippen LogP contribution in [0.25, 0.3) is 0 Å². The first-order valence-electron chi connectivity index (χ1n) is 11.7. The van der Waals surface area contributed by atoms with Crippen LogP contribution in [0.3, 0.4) is 0 Å². The van der Waals surface area contributed by atoms with Crippen molar-refractivity contribution < 1.29 is 9.59 Å². The molecule has 1 rings (SSSR count). The van der Waals surface area contributed by atoms with Crippen LogP contribution < -0.4 is 11.5 Å². The number of carbonyl (C=O) groups is 2. The van der Waals surface area contributed by atoms with Gasteiger partial charge in [0.05, 0.1) is 0 Å². The van der Waals surface area contributed by atoms with Crippen LogP contribution in [0.4, 0.5) is 0 Å². The van der Waals surface area contributed by atoms with E-state index in [0.29, 0.717) is 12.0 Å². The van der Waals surface area contributed by atoms with Gasteiger partial charge in [0.25, 0.3) is 0 Å². The highest BCUT2D eigenvalue weighted by Gasteiger charge is 1.96. The number of nitrogens with two attached hydrogens (primary N) is 2. The van der Waals surface area contributed by atoms with E-state index in [2.05, 4.69) is 6.92 Å². The summed E-state index contributed by atoms with van der Waals surface area (Å²) in [4.78, 5) is 21.0. The van der Waals surface area contributed by atoms with E-state index < -0.39 is 0 Å². The fraction of sp³-hybridized carbons (Fsp3) is 0.680. The molecule has 0 saturated carbocycles. The summed E-state index contributed by atoms with van der Waals surface area (Å²) in [5, 5.41) is 0. The Labute approximate surface area is 178 Å². The van der Waals surface area contributed by atoms with Crippen LogP contribution in [-0.2, 0) is 4.79 Å². The molecular formula is C25H44N2O2. The second kappa shape index (κ2) is 20.9. The van der Waals surface area contributed by atoms with Crippen LogP contribution >= 0.6 is 0 Å². The van der Waals surface area contributed by atoms with Crippen LogP contribution in [0.2, 0.25) is 0 Å². The lowest BCUT2D eigenvalue weighted by atomic mass is 10.0. The highest BCUT2D eigenvalue weighted by Crippen LogP contribution is 2.13. The van der Waals surface area contributed by atoms with Gasteiger partial charge in [0.1, 0.15) is 0 Å². The summed E-state index contributed by atoms with van der Waals surface area (Å²) in [6.07, 6.45) is 20.9. The minimum Gasteiger partial charge on any atom is -0.370 e. The highest BCUT2D eigenvalue weighted by atomic mass is 16.1. The molecule has 4 N–H and O–H groups in total. The van der Waals surface area contributed by atoms with Gasteiger partial charge in [0.15, 0.2) is 0 Å². The van der Waals surface area contributed by atoms with Gasteiger partial charge in [-0.15, -0.1) is 0 Å². The molecule has 0 aromatic heterocycles. The number of amides is 2. The molecule has 0 aliphatic carbocycles. The Morgan fingerprint density at radius 1 is 0.621 bits per heavy atom. The maximum Gasteiger partial charge on any atom is 0.248 e. The molecule has 2 amide bonds. The van der Waals surface area contributed by atoms with Gasteiger partial charge in [0.2, 0.25) is 11.8 Å². The van der Waals surface area contributed by atoms with Crippen LogP contribution in [-0.4, -0.2) is 11.8 Å². The zero-order valence-corrected chi connectivity index (χ0v) is 18.7. The fourth-order valence-electron chi connectivity index (χ4n) is 3.27. The molecular weight excluding hydrogens is 360 g/mol. The van der Waals surface area contributed by atoms with E-state index in [4.69, 9.17) is 11.5 Å². The summed E-state index contributed by atoms with van der Waals surface area (Å²) in [5.74, 6) is -0.532. The quantitative estimate of drug-likeness (QED) is 0.290. The topological polar surface area (TPSA) is 86.2 Å². The molecule has 0 unspecified atom stereocenters. The average molecular weight is 405 g/mol. The van der Waals surface area contributed by atoms with Gasteiger partial charge < -0.3 is 11.5 Å². The maximum atomic E-state index is 10.6. The first kappa shape index (κ1) is 27.2. The van der Waals surface area contributed by atoms with Crippen molar-refractivity contribution in [2.24, 2.45) is 11.5 Å². The van der Waals surface area contributed by atoms with Gasteiger partial charge >= 0.3 is 0 Å². The van der Waals surface area contributed by atoms with Gasteiger partial charge in [-0.3, -0.25) is 9.59 Å². The summed E-state index contributed by atoms with van der Waals surface area (Å²) in [7, 11) is 0. The lowest BCUT2D eigenvalue weighted by Gasteiger charge is -2.03. The summed E-state index contributed by atoms with van der Waals surface area (Å²) in [6, 6.07) is 8.76. The number of hydrogen-bond donors (Lipinski definition) is 2. The molecule has 0 bridgehead atoms. The third kappa shape index (κ3) is 20.7. The first-order chi connectivity index (χ1) is 14.1. The van der Waals surface area contributed by atoms with Crippen molar-refractivity contribution in [3.8, 4) is 0 Å². The lowest BCUT2D eigenvalue weighted by molar-refractivity contribution is -0.118. The molecule has 0 atom stereocenters. The van der Waals surface area contributed by atoms with Gasteiger partial charge in [-0.2, -0.15) is 0 Å². The van der Waals surface area contributed by atoms with Crippen molar-refractivity contribution in [1.29, 1.82) is 0 Å². The largest absolute Gasteiger partial charge is 0.370 e. The van der Waals surface area contributed by atoms with E-state index in [1.54, 1.807) is 24.3 Å². The average Bonchev–Trinajstić information content (AvgIpc) is 2.72. The number of unbranched alkanes of at least 4 members (excludes halogenated alkanes) is 14. The van der Waals surface area contributed by atoms with E-state index in [9.17, 15) is 9.59 Å². The van der Waals surface area contributed by atoms with Crippen molar-refractivity contribution in [1.82, 2.24) is 0 Å². The van der Waals surface area contributed by atoms with E-state index >= 15 is 0 Å². The Morgan fingerprint density at radius 2 is 1.00 bits per heavy atom. The molecule has 0 aliphatic heterocycles. The standard InChI is InChI=1S/C18H37NO.C7H7NO/c1-2-3-4-5-6-7-8-9-10-11-12-13-14-15-16-17-18(19)20;8-7(9)6-4-2-1-3-5-6/h2-17H2,1H3,(H2,19,20);1-5H,(H2,8,9). The van der Waals surface area contributed by atoms with Gasteiger partial charge in [0, 0.05) is 12.0 Å². The van der Waals surface area contributed by atoms with Crippen molar-refractivity contribution >= 4 is 11.8 Å². The zero-order valence-electron chi connectivity index (χ0n) is 18.7. The number of carbonyl (C=O) groups excluding carboxylic acids is 2. The number of hydrogen-bond acceptors (Lipinski definition) is 2. The Bertz CT molecular complexity index is 503. The first-order valence-corrected chi connectivity index (χ1v) is 11.7. The number of benzene rings is 1. The molecule has 0 aliphatic rings. The highest BCUT2D eigenvalue weighted by molar-refractivity contribution is 5.92. The lowest BCUT2D eigenvalue weighted by Crippen LogP contribution is -2.09. The predicted octanol–water partition coefficient (Wildman–Crippen LogP) is 6.52. The van der Waals surface area contributed by atoms with Crippen LogP contribution in [0, 0.1) is 0 Å². The van der Waals surface area contributed by atoms with Gasteiger partial charge in [-0.05, 0) is 18.6 Å². The normalized spacial score (nSPS) is 10.2. The Hall–Kier alpha value is -1.84. The Morgan fingerprint density at radius 3 is 1.31 bits per heavy atom. The van der Waals surface area contributed by atoms with Crippen molar-refractivity contribution in [3.05, 3.63) is 35.9 Å². The van der Waals surface area contributed by atoms with Crippen LogP contribution in [0.1, 0.15) is 120 Å². The van der Waals surface area contributed by atoms with Gasteiger partial charge in [-0.25, -0.2) is 0 Å². The minimum absolute atomic E-state index is 0.153. The van der Waals surface area contributed by atoms with Crippen molar-refractivity contribution in [2.45, 2.75) is 110 Å². The molecule has 29 heavy (non-hydrogen) atoms. The molecule has 0 saturated heterocycles. The van der Waals surface area contributed by atoms with E-state index in [0.717, 1.165) is 6.42 Å². The number of rotatable bonds is 17. The van der Waals surface area contributed by atoms with Gasteiger partial charge in [-0.1, -0.05) is 115 Å². The molecule has 0 radical (unpaired) electrons. The smallest absolute Gasteiger partial charge is 0.248 e. The van der Waals surface area contributed by atoms with E-state index in [1.165, 1.54) is 89.9 Å². The van der Waals surface area contributed by atoms with Crippen LogP contribution in [0.5, 0.6) is 0 Å². The summed E-state index contributed by atoms with van der Waals surface area (Å²) in [6.45, 7) is 2.28. The summed E-state index contributed by atoms with van der Waals surface area (Å²) in [5.41, 5.74) is 10.6. The SMILES string of the molecule is CCCCCCCCCCCCCCCCCC(N)=O.NC(=O)c1ccccc1. The molecule has 0 heterocycles. The van der Waals surface area contributed by atoms with Crippen molar-refractivity contribution in [2.75, 3.05) is 0 Å². The van der Waals surface area contributed by atoms with E-state index in [-0.39, 0.29) is 11.8 Å². The fourth-order valence-corrected chi connectivity index (χ4v) is 3.27. The molecule has 4 heteroatoms. The summed E-state index contributed by atoms with van der Waals surface area (Å²) >= 11 is 0. The van der Waals surface area contributed by atoms with Crippen LogP contribution in [0.15, 0.2) is 30.3 Å². The molecule has 1 aromatic rings. The van der Waals surface area contributed by atoms with Crippen molar-refractivity contribution in [3.63, 3.8) is 0 Å². The molecule has 0 spiro atoms. The number of primary amides is 2. The monoisotopic (exact) mass is 404 g/mol. The third-order valence-electron chi connectivity index (χ3n) is 5.09. The zero-order chi connectivity index (χ0) is 21.6. The Balaban J connectivity index is 0.000000717. The third-order valence-corrected chi connectivity index (χ3v) is 5.09. The second-order valence-corrected chi connectivity index (χ2v) is 7.90. The predicted molar refractivity (Wildman–Crippen MR) is 124 cm³/mol.